The van der Waals surface area contributed by atoms with E-state index in [-0.39, 0.29) is 6.61 Å². The molecule has 0 aliphatic rings. The van der Waals surface area contributed by atoms with Gasteiger partial charge >= 0.3 is 6.03 Å². The number of aromatic nitrogens is 2. The molecule has 3 aromatic rings. The second-order valence-electron chi connectivity index (χ2n) is 5.45. The monoisotopic (exact) mass is 338 g/mol. The van der Waals surface area contributed by atoms with Gasteiger partial charge in [0.2, 0.25) is 0 Å². The van der Waals surface area contributed by atoms with E-state index in [0.29, 0.717) is 29.6 Å². The Morgan fingerprint density at radius 3 is 2.56 bits per heavy atom. The van der Waals surface area contributed by atoms with Crippen molar-refractivity contribution in [3.8, 4) is 5.75 Å². The molecule has 0 fully saturated rings. The van der Waals surface area contributed by atoms with Crippen molar-refractivity contribution in [2.75, 3.05) is 11.9 Å². The molecule has 25 heavy (non-hydrogen) atoms. The summed E-state index contributed by atoms with van der Waals surface area (Å²) in [5.74, 6) is 1.65. The molecule has 0 unspecified atom stereocenters. The number of ether oxygens (including phenoxy) is 1. The maximum atomic E-state index is 11.1. The zero-order chi connectivity index (χ0) is 17.6. The largest absolute Gasteiger partial charge is 0.484 e. The average Bonchev–Trinajstić information content (AvgIpc) is 3.08. The lowest BCUT2D eigenvalue weighted by Crippen LogP contribution is -2.31. The van der Waals surface area contributed by atoms with Gasteiger partial charge in [0, 0.05) is 19.2 Å². The molecule has 7 nitrogen and oxygen atoms in total. The van der Waals surface area contributed by atoms with Crippen molar-refractivity contribution in [3.05, 3.63) is 71.9 Å². The average molecular weight is 338 g/mol. The first-order valence-corrected chi connectivity index (χ1v) is 7.73. The van der Waals surface area contributed by atoms with Crippen LogP contribution in [-0.2, 0) is 13.0 Å². The molecule has 2 aromatic carbocycles. The fraction of sp³-hybridized carbons (Fsp3) is 0.167. The molecule has 0 radical (unpaired) electrons. The summed E-state index contributed by atoms with van der Waals surface area (Å²) in [6.07, 6.45) is 0.610. The van der Waals surface area contributed by atoms with E-state index in [1.807, 2.05) is 30.3 Å². The van der Waals surface area contributed by atoms with Crippen LogP contribution in [0.2, 0.25) is 0 Å². The highest BCUT2D eigenvalue weighted by Crippen LogP contribution is 2.19. The standard InChI is InChI=1S/C18H18N4O3/c1-22(18(19)23)14-7-9-15(10-8-14)24-12-17-20-16(21-25-17)11-13-5-3-2-4-6-13/h2-10H,11-12H2,1H3,(H2,19,23). The number of primary amides is 1. The second kappa shape index (κ2) is 7.48. The number of amides is 2. The quantitative estimate of drug-likeness (QED) is 0.746. The SMILES string of the molecule is CN(C(N)=O)c1ccc(OCc2nc(Cc3ccccc3)no2)cc1. The number of anilines is 1. The molecule has 1 heterocycles. The van der Waals surface area contributed by atoms with E-state index in [4.69, 9.17) is 15.0 Å². The smallest absolute Gasteiger partial charge is 0.318 e. The number of rotatable bonds is 6. The Kier molecular flexibility index (Phi) is 4.94. The van der Waals surface area contributed by atoms with Crippen LogP contribution in [0.5, 0.6) is 5.75 Å². The molecule has 7 heteroatoms. The van der Waals surface area contributed by atoms with Crippen molar-refractivity contribution in [1.82, 2.24) is 10.1 Å². The molecule has 0 saturated heterocycles. The summed E-state index contributed by atoms with van der Waals surface area (Å²) in [6, 6.07) is 16.4. The first-order valence-electron chi connectivity index (χ1n) is 7.73. The number of nitrogens with two attached hydrogens (primary N) is 1. The van der Waals surface area contributed by atoms with Crippen LogP contribution in [0.4, 0.5) is 10.5 Å². The number of benzene rings is 2. The highest BCUT2D eigenvalue weighted by molar-refractivity contribution is 5.90. The van der Waals surface area contributed by atoms with Gasteiger partial charge in [0.15, 0.2) is 12.4 Å². The lowest BCUT2D eigenvalue weighted by Gasteiger charge is -2.14. The molecular weight excluding hydrogens is 320 g/mol. The Hall–Kier alpha value is -3.35. The van der Waals surface area contributed by atoms with Crippen LogP contribution in [-0.4, -0.2) is 23.2 Å². The van der Waals surface area contributed by atoms with Crippen LogP contribution in [0.1, 0.15) is 17.3 Å². The number of hydrogen-bond acceptors (Lipinski definition) is 5. The molecule has 2 amide bonds. The molecular formula is C18H18N4O3. The van der Waals surface area contributed by atoms with E-state index < -0.39 is 6.03 Å². The number of nitrogens with zero attached hydrogens (tertiary/aromatic N) is 3. The maximum Gasteiger partial charge on any atom is 0.318 e. The number of urea groups is 1. The van der Waals surface area contributed by atoms with Gasteiger partial charge in [-0.1, -0.05) is 35.5 Å². The van der Waals surface area contributed by atoms with Gasteiger partial charge in [0.25, 0.3) is 5.89 Å². The first kappa shape index (κ1) is 16.5. The van der Waals surface area contributed by atoms with E-state index in [2.05, 4.69) is 10.1 Å². The van der Waals surface area contributed by atoms with E-state index in [9.17, 15) is 4.79 Å². The number of carbonyl (C=O) groups excluding carboxylic acids is 1. The number of carbonyl (C=O) groups is 1. The molecule has 1 aromatic heterocycles. The molecule has 0 spiro atoms. The number of hydrogen-bond donors (Lipinski definition) is 1. The zero-order valence-electron chi connectivity index (χ0n) is 13.8. The van der Waals surface area contributed by atoms with Gasteiger partial charge < -0.3 is 15.0 Å². The molecule has 0 aliphatic heterocycles. The topological polar surface area (TPSA) is 94.5 Å². The van der Waals surface area contributed by atoms with Gasteiger partial charge in [-0.3, -0.25) is 4.90 Å². The molecule has 2 N–H and O–H groups in total. The molecule has 3 rings (SSSR count). The first-order chi connectivity index (χ1) is 12.1. The van der Waals surface area contributed by atoms with Gasteiger partial charge in [-0.2, -0.15) is 4.98 Å². The Morgan fingerprint density at radius 1 is 1.16 bits per heavy atom. The molecule has 0 bridgehead atoms. The molecule has 128 valence electrons. The van der Waals surface area contributed by atoms with Crippen LogP contribution in [0.15, 0.2) is 59.1 Å². The fourth-order valence-corrected chi connectivity index (χ4v) is 2.24. The zero-order valence-corrected chi connectivity index (χ0v) is 13.8. The van der Waals surface area contributed by atoms with Gasteiger partial charge in [-0.25, -0.2) is 4.79 Å². The summed E-state index contributed by atoms with van der Waals surface area (Å²) in [6.45, 7) is 0.173. The maximum absolute atomic E-state index is 11.1. The third-order valence-corrected chi connectivity index (χ3v) is 3.63. The van der Waals surface area contributed by atoms with Gasteiger partial charge in [0.05, 0.1) is 0 Å². The van der Waals surface area contributed by atoms with Gasteiger partial charge in [-0.05, 0) is 29.8 Å². The summed E-state index contributed by atoms with van der Waals surface area (Å²) in [5, 5.41) is 3.96. The van der Waals surface area contributed by atoms with Crippen LogP contribution < -0.4 is 15.4 Å². The van der Waals surface area contributed by atoms with E-state index in [0.717, 1.165) is 5.56 Å². The van der Waals surface area contributed by atoms with Crippen molar-refractivity contribution >= 4 is 11.7 Å². The summed E-state index contributed by atoms with van der Waals surface area (Å²) in [7, 11) is 1.60. The Morgan fingerprint density at radius 2 is 1.88 bits per heavy atom. The minimum atomic E-state index is -0.523. The van der Waals surface area contributed by atoms with Crippen LogP contribution >= 0.6 is 0 Å². The van der Waals surface area contributed by atoms with E-state index >= 15 is 0 Å². The highest BCUT2D eigenvalue weighted by atomic mass is 16.5. The lowest BCUT2D eigenvalue weighted by atomic mass is 10.1. The van der Waals surface area contributed by atoms with E-state index in [1.165, 1.54) is 4.90 Å². The summed E-state index contributed by atoms with van der Waals surface area (Å²) < 4.78 is 10.8. The molecule has 0 aliphatic carbocycles. The summed E-state index contributed by atoms with van der Waals surface area (Å²) in [5.41, 5.74) is 7.03. The Balaban J connectivity index is 1.56. The van der Waals surface area contributed by atoms with Crippen molar-refractivity contribution in [1.29, 1.82) is 0 Å². The summed E-state index contributed by atoms with van der Waals surface area (Å²) >= 11 is 0. The fourth-order valence-electron chi connectivity index (χ4n) is 2.24. The normalized spacial score (nSPS) is 10.4. The minimum absolute atomic E-state index is 0.173. The van der Waals surface area contributed by atoms with Crippen LogP contribution in [0.3, 0.4) is 0 Å². The van der Waals surface area contributed by atoms with Crippen LogP contribution in [0.25, 0.3) is 0 Å². The summed E-state index contributed by atoms with van der Waals surface area (Å²) in [4.78, 5) is 16.8. The molecule has 0 atom stereocenters. The van der Waals surface area contributed by atoms with Crippen LogP contribution in [0, 0.1) is 0 Å². The van der Waals surface area contributed by atoms with Gasteiger partial charge in [-0.15, -0.1) is 0 Å². The predicted molar refractivity (Wildman–Crippen MR) is 92.3 cm³/mol. The second-order valence-corrected chi connectivity index (χ2v) is 5.45. The third kappa shape index (κ3) is 4.35. The Bertz CT molecular complexity index is 831. The predicted octanol–water partition coefficient (Wildman–Crippen LogP) is 2.75. The molecule has 0 saturated carbocycles. The van der Waals surface area contributed by atoms with E-state index in [1.54, 1.807) is 31.3 Å². The van der Waals surface area contributed by atoms with Gasteiger partial charge in [0.1, 0.15) is 5.75 Å². The Labute approximate surface area is 145 Å². The van der Waals surface area contributed by atoms with Crippen molar-refractivity contribution in [2.45, 2.75) is 13.0 Å². The highest BCUT2D eigenvalue weighted by Gasteiger charge is 2.09. The van der Waals surface area contributed by atoms with Crippen molar-refractivity contribution in [3.63, 3.8) is 0 Å². The minimum Gasteiger partial charge on any atom is -0.484 e. The third-order valence-electron chi connectivity index (χ3n) is 3.63. The van der Waals surface area contributed by atoms with Crippen molar-refractivity contribution in [2.24, 2.45) is 5.73 Å². The lowest BCUT2D eigenvalue weighted by molar-refractivity contribution is 0.242. The van der Waals surface area contributed by atoms with Crippen molar-refractivity contribution < 1.29 is 14.1 Å².